The summed E-state index contributed by atoms with van der Waals surface area (Å²) < 4.78 is 11.8. The number of rotatable bonds is 3. The molecule has 0 N–H and O–H groups in total. The van der Waals surface area contributed by atoms with E-state index in [0.717, 1.165) is 10.0 Å². The summed E-state index contributed by atoms with van der Waals surface area (Å²) >= 11 is 3.37. The second-order valence-corrected chi connectivity index (χ2v) is 5.51. The van der Waals surface area contributed by atoms with Crippen LogP contribution in [0.5, 0.6) is 11.5 Å². The molecule has 0 amide bonds. The van der Waals surface area contributed by atoms with Gasteiger partial charge in [0.1, 0.15) is 17.6 Å². The van der Waals surface area contributed by atoms with E-state index in [1.807, 2.05) is 30.3 Å². The third kappa shape index (κ3) is 2.87. The lowest BCUT2D eigenvalue weighted by Gasteiger charge is -2.03. The van der Waals surface area contributed by atoms with Crippen LogP contribution in [0.25, 0.3) is 6.08 Å². The second kappa shape index (κ2) is 6.04. The van der Waals surface area contributed by atoms with Crippen molar-refractivity contribution in [2.45, 2.75) is 0 Å². The summed E-state index contributed by atoms with van der Waals surface area (Å²) in [6.07, 6.45) is 1.70. The maximum Gasteiger partial charge on any atom is 0.231 e. The summed E-state index contributed by atoms with van der Waals surface area (Å²) in [6, 6.07) is 14.4. The third-order valence-corrected chi connectivity index (χ3v) is 3.64. The van der Waals surface area contributed by atoms with Crippen molar-refractivity contribution in [3.63, 3.8) is 0 Å². The van der Waals surface area contributed by atoms with E-state index in [4.69, 9.17) is 14.7 Å². The Hall–Kier alpha value is -2.58. The van der Waals surface area contributed by atoms with E-state index in [0.29, 0.717) is 17.1 Å². The zero-order valence-corrected chi connectivity index (χ0v) is 13.0. The van der Waals surface area contributed by atoms with Crippen LogP contribution in [-0.2, 0) is 0 Å². The van der Waals surface area contributed by atoms with Crippen LogP contribution < -0.4 is 9.47 Å². The zero-order chi connectivity index (χ0) is 15.5. The Kier molecular flexibility index (Phi) is 3.94. The van der Waals surface area contributed by atoms with E-state index in [-0.39, 0.29) is 18.1 Å². The molecule has 0 saturated heterocycles. The Balaban J connectivity index is 1.87. The highest BCUT2D eigenvalue weighted by Gasteiger charge is 2.27. The van der Waals surface area contributed by atoms with Gasteiger partial charge in [-0.25, -0.2) is 0 Å². The Morgan fingerprint density at radius 1 is 1.23 bits per heavy atom. The van der Waals surface area contributed by atoms with Crippen molar-refractivity contribution >= 4 is 27.8 Å². The van der Waals surface area contributed by atoms with Gasteiger partial charge in [-0.1, -0.05) is 28.1 Å². The van der Waals surface area contributed by atoms with Gasteiger partial charge in [0.2, 0.25) is 5.78 Å². The number of carbonyl (C=O) groups excluding carboxylic acids is 1. The summed E-state index contributed by atoms with van der Waals surface area (Å²) in [5.41, 5.74) is 1.37. The van der Waals surface area contributed by atoms with E-state index >= 15 is 0 Å². The first kappa shape index (κ1) is 14.4. The first-order valence-corrected chi connectivity index (χ1v) is 7.30. The quantitative estimate of drug-likeness (QED) is 0.781. The number of hydrogen-bond acceptors (Lipinski definition) is 4. The summed E-state index contributed by atoms with van der Waals surface area (Å²) in [5, 5.41) is 8.52. The van der Waals surface area contributed by atoms with Gasteiger partial charge in [0.05, 0.1) is 5.56 Å². The zero-order valence-electron chi connectivity index (χ0n) is 11.4. The molecule has 108 valence electrons. The molecule has 22 heavy (non-hydrogen) atoms. The van der Waals surface area contributed by atoms with Gasteiger partial charge in [-0.3, -0.25) is 4.79 Å². The fourth-order valence-electron chi connectivity index (χ4n) is 2.08. The topological polar surface area (TPSA) is 59.3 Å². The lowest BCUT2D eigenvalue weighted by molar-refractivity contribution is 0.101. The standard InChI is InChI=1S/C17H10BrNO3/c18-12-3-1-11(2-4-12)9-16-17(20)14-6-5-13(21-8-7-19)10-15(14)22-16/h1-6,9-10H,8H2. The molecule has 5 heteroatoms. The number of ketones is 1. The molecule has 1 aliphatic heterocycles. The first-order chi connectivity index (χ1) is 10.7. The van der Waals surface area contributed by atoms with Crippen molar-refractivity contribution in [3.05, 3.63) is 63.8 Å². The van der Waals surface area contributed by atoms with Crippen LogP contribution in [0, 0.1) is 11.3 Å². The van der Waals surface area contributed by atoms with Gasteiger partial charge in [-0.2, -0.15) is 5.26 Å². The summed E-state index contributed by atoms with van der Waals surface area (Å²) in [5.74, 6) is 1.06. The average molecular weight is 356 g/mol. The molecule has 0 bridgehead atoms. The van der Waals surface area contributed by atoms with Crippen LogP contribution >= 0.6 is 15.9 Å². The number of Topliss-reactive ketones (excluding diaryl/α,β-unsaturated/α-hetero) is 1. The predicted molar refractivity (Wildman–Crippen MR) is 84.6 cm³/mol. The van der Waals surface area contributed by atoms with Crippen LogP contribution in [-0.4, -0.2) is 12.4 Å². The van der Waals surface area contributed by atoms with E-state index in [9.17, 15) is 4.79 Å². The lowest BCUT2D eigenvalue weighted by Crippen LogP contribution is -1.97. The van der Waals surface area contributed by atoms with Crippen molar-refractivity contribution < 1.29 is 14.3 Å². The molecule has 0 aliphatic carbocycles. The molecule has 1 heterocycles. The predicted octanol–water partition coefficient (Wildman–Crippen LogP) is 3.97. The molecule has 0 radical (unpaired) electrons. The average Bonchev–Trinajstić information content (AvgIpc) is 2.83. The fourth-order valence-corrected chi connectivity index (χ4v) is 2.35. The normalized spacial score (nSPS) is 14.4. The number of fused-ring (bicyclic) bond motifs is 1. The van der Waals surface area contributed by atoms with E-state index in [1.54, 1.807) is 24.3 Å². The number of ether oxygens (including phenoxy) is 2. The van der Waals surface area contributed by atoms with Gasteiger partial charge in [0.15, 0.2) is 12.4 Å². The van der Waals surface area contributed by atoms with Gasteiger partial charge >= 0.3 is 0 Å². The minimum atomic E-state index is -0.162. The number of nitriles is 1. The molecule has 0 unspecified atom stereocenters. The monoisotopic (exact) mass is 355 g/mol. The molecule has 2 aromatic carbocycles. The smallest absolute Gasteiger partial charge is 0.231 e. The highest BCUT2D eigenvalue weighted by Crippen LogP contribution is 2.34. The van der Waals surface area contributed by atoms with Gasteiger partial charge in [0, 0.05) is 10.5 Å². The van der Waals surface area contributed by atoms with Crippen LogP contribution in [0.1, 0.15) is 15.9 Å². The number of benzene rings is 2. The van der Waals surface area contributed by atoms with Crippen LogP contribution in [0.2, 0.25) is 0 Å². The molecular formula is C17H10BrNO3. The van der Waals surface area contributed by atoms with Crippen LogP contribution in [0.15, 0.2) is 52.7 Å². The largest absolute Gasteiger partial charge is 0.479 e. The van der Waals surface area contributed by atoms with Crippen molar-refractivity contribution in [1.29, 1.82) is 5.26 Å². The highest BCUT2D eigenvalue weighted by molar-refractivity contribution is 9.10. The van der Waals surface area contributed by atoms with Crippen molar-refractivity contribution in [1.82, 2.24) is 0 Å². The molecule has 0 atom stereocenters. The SMILES string of the molecule is N#CCOc1ccc2c(c1)OC(=Cc1ccc(Br)cc1)C2=O. The number of halogens is 1. The molecule has 2 aromatic rings. The van der Waals surface area contributed by atoms with Gasteiger partial charge in [-0.05, 0) is 35.9 Å². The Morgan fingerprint density at radius 2 is 2.00 bits per heavy atom. The van der Waals surface area contributed by atoms with Gasteiger partial charge in [0.25, 0.3) is 0 Å². The molecule has 0 aromatic heterocycles. The Morgan fingerprint density at radius 3 is 2.73 bits per heavy atom. The third-order valence-electron chi connectivity index (χ3n) is 3.11. The van der Waals surface area contributed by atoms with E-state index in [1.165, 1.54) is 0 Å². The molecule has 0 spiro atoms. The summed E-state index contributed by atoms with van der Waals surface area (Å²) in [7, 11) is 0. The minimum absolute atomic E-state index is 0.0473. The van der Waals surface area contributed by atoms with Crippen LogP contribution in [0.4, 0.5) is 0 Å². The van der Waals surface area contributed by atoms with E-state index < -0.39 is 0 Å². The van der Waals surface area contributed by atoms with E-state index in [2.05, 4.69) is 15.9 Å². The number of carbonyl (C=O) groups is 1. The highest BCUT2D eigenvalue weighted by atomic mass is 79.9. The molecule has 0 fully saturated rings. The number of nitrogens with zero attached hydrogens (tertiary/aromatic N) is 1. The second-order valence-electron chi connectivity index (χ2n) is 4.60. The molecule has 4 nitrogen and oxygen atoms in total. The molecule has 3 rings (SSSR count). The Bertz CT molecular complexity index is 804. The molecule has 0 saturated carbocycles. The van der Waals surface area contributed by atoms with Crippen molar-refractivity contribution in [2.24, 2.45) is 0 Å². The fraction of sp³-hybridized carbons (Fsp3) is 0.0588. The van der Waals surface area contributed by atoms with Crippen LogP contribution in [0.3, 0.4) is 0 Å². The molecular weight excluding hydrogens is 346 g/mol. The maximum atomic E-state index is 12.3. The Labute approximate surface area is 135 Å². The number of hydrogen-bond donors (Lipinski definition) is 0. The molecule has 1 aliphatic rings. The van der Waals surface area contributed by atoms with Crippen molar-refractivity contribution in [3.8, 4) is 17.6 Å². The lowest BCUT2D eigenvalue weighted by atomic mass is 10.1. The minimum Gasteiger partial charge on any atom is -0.479 e. The van der Waals surface area contributed by atoms with Crippen molar-refractivity contribution in [2.75, 3.05) is 6.61 Å². The van der Waals surface area contributed by atoms with Gasteiger partial charge < -0.3 is 9.47 Å². The number of allylic oxidation sites excluding steroid dienone is 1. The first-order valence-electron chi connectivity index (χ1n) is 6.51. The maximum absolute atomic E-state index is 12.3. The van der Waals surface area contributed by atoms with Gasteiger partial charge in [-0.15, -0.1) is 0 Å². The summed E-state index contributed by atoms with van der Waals surface area (Å²) in [4.78, 5) is 12.3. The summed E-state index contributed by atoms with van der Waals surface area (Å²) in [6.45, 7) is -0.0473.